The number of carbonyl (C=O) groups is 1. The van der Waals surface area contributed by atoms with E-state index in [4.69, 9.17) is 0 Å². The minimum absolute atomic E-state index is 0.0964. The van der Waals surface area contributed by atoms with Crippen LogP contribution >= 0.6 is 11.3 Å². The molecule has 0 spiro atoms. The number of thiophene rings is 1. The number of nitrogens with zero attached hydrogens (tertiary/aromatic N) is 3. The van der Waals surface area contributed by atoms with Crippen LogP contribution in [0.25, 0.3) is 0 Å². The number of hydrogen-bond donors (Lipinski definition) is 0. The second-order valence-corrected chi connectivity index (χ2v) is 6.58. The van der Waals surface area contributed by atoms with Crippen molar-refractivity contribution >= 4 is 17.2 Å². The van der Waals surface area contributed by atoms with Crippen molar-refractivity contribution in [3.63, 3.8) is 0 Å². The quantitative estimate of drug-likeness (QED) is 0.871. The van der Waals surface area contributed by atoms with E-state index in [0.29, 0.717) is 13.1 Å². The molecule has 4 nitrogen and oxygen atoms in total. The third kappa shape index (κ3) is 2.59. The van der Waals surface area contributed by atoms with Crippen molar-refractivity contribution in [2.24, 2.45) is 0 Å². The van der Waals surface area contributed by atoms with Gasteiger partial charge in [0.1, 0.15) is 0 Å². The van der Waals surface area contributed by atoms with Crippen LogP contribution in [-0.4, -0.2) is 41.3 Å². The van der Waals surface area contributed by atoms with Crippen LogP contribution in [0.1, 0.15) is 32.5 Å². The van der Waals surface area contributed by atoms with Crippen molar-refractivity contribution in [3.8, 4) is 0 Å². The van der Waals surface area contributed by atoms with E-state index in [0.717, 1.165) is 11.3 Å². The van der Waals surface area contributed by atoms with Gasteiger partial charge in [0.2, 0.25) is 0 Å². The minimum atomic E-state index is 0.0964. The number of rotatable bonds is 4. The molecule has 1 amide bonds. The van der Waals surface area contributed by atoms with Crippen LogP contribution in [0.5, 0.6) is 0 Å². The van der Waals surface area contributed by atoms with E-state index in [-0.39, 0.29) is 11.9 Å². The molecule has 110 valence electrons. The smallest absolute Gasteiger partial charge is 0.256 e. The molecule has 2 aromatic rings. The first-order chi connectivity index (χ1) is 10.1. The summed E-state index contributed by atoms with van der Waals surface area (Å²) < 4.78 is 0. The lowest BCUT2D eigenvalue weighted by molar-refractivity contribution is 0.0732. The van der Waals surface area contributed by atoms with Crippen LogP contribution in [0.2, 0.25) is 0 Å². The molecular formula is C16H19N3OS. The molecule has 0 bridgehead atoms. The molecule has 0 aliphatic carbocycles. The molecule has 0 aromatic carbocycles. The molecule has 1 unspecified atom stereocenters. The average molecular weight is 301 g/mol. The third-order valence-electron chi connectivity index (χ3n) is 3.97. The predicted molar refractivity (Wildman–Crippen MR) is 84.5 cm³/mol. The number of amides is 1. The molecule has 3 heterocycles. The summed E-state index contributed by atoms with van der Waals surface area (Å²) in [6.45, 7) is 3.44. The highest BCUT2D eigenvalue weighted by Crippen LogP contribution is 2.30. The van der Waals surface area contributed by atoms with E-state index in [1.54, 1.807) is 17.5 Å². The molecule has 2 aromatic heterocycles. The van der Waals surface area contributed by atoms with Crippen LogP contribution in [0, 0.1) is 6.92 Å². The van der Waals surface area contributed by atoms with E-state index in [9.17, 15) is 4.79 Å². The van der Waals surface area contributed by atoms with Gasteiger partial charge < -0.3 is 9.80 Å². The summed E-state index contributed by atoms with van der Waals surface area (Å²) in [5, 5.41) is 2.11. The highest BCUT2D eigenvalue weighted by atomic mass is 32.1. The van der Waals surface area contributed by atoms with Crippen molar-refractivity contribution in [1.82, 2.24) is 14.8 Å². The Morgan fingerprint density at radius 1 is 1.43 bits per heavy atom. The lowest BCUT2D eigenvalue weighted by Crippen LogP contribution is -2.35. The van der Waals surface area contributed by atoms with E-state index in [1.165, 1.54) is 10.4 Å². The van der Waals surface area contributed by atoms with Crippen LogP contribution in [0.4, 0.5) is 0 Å². The van der Waals surface area contributed by atoms with Gasteiger partial charge in [0.05, 0.1) is 23.8 Å². The summed E-state index contributed by atoms with van der Waals surface area (Å²) in [7, 11) is 4.13. The van der Waals surface area contributed by atoms with Crippen molar-refractivity contribution in [1.29, 1.82) is 0 Å². The molecule has 0 radical (unpaired) electrons. The maximum atomic E-state index is 12.5. The third-order valence-corrected chi connectivity index (χ3v) is 5.09. The zero-order valence-corrected chi connectivity index (χ0v) is 13.4. The largest absolute Gasteiger partial charge is 0.331 e. The number of hydrogen-bond acceptors (Lipinski definition) is 4. The molecule has 0 saturated carbocycles. The van der Waals surface area contributed by atoms with E-state index >= 15 is 0 Å². The van der Waals surface area contributed by atoms with Gasteiger partial charge in [-0.25, -0.2) is 0 Å². The molecule has 0 saturated heterocycles. The lowest BCUT2D eigenvalue weighted by Gasteiger charge is -2.28. The molecule has 1 atom stereocenters. The molecule has 5 heteroatoms. The summed E-state index contributed by atoms with van der Waals surface area (Å²) >= 11 is 1.76. The zero-order chi connectivity index (χ0) is 15.0. The Morgan fingerprint density at radius 2 is 2.24 bits per heavy atom. The molecule has 3 rings (SSSR count). The van der Waals surface area contributed by atoms with Gasteiger partial charge in [-0.05, 0) is 50.2 Å². The maximum Gasteiger partial charge on any atom is 0.256 e. The first kappa shape index (κ1) is 14.2. The normalized spacial score (nSPS) is 15.6. The summed E-state index contributed by atoms with van der Waals surface area (Å²) in [5.41, 5.74) is 2.93. The number of aromatic nitrogens is 1. The molecule has 0 fully saturated rings. The topological polar surface area (TPSA) is 36.4 Å². The molecule has 1 aliphatic heterocycles. The Morgan fingerprint density at radius 3 is 2.86 bits per heavy atom. The van der Waals surface area contributed by atoms with Gasteiger partial charge in [-0.2, -0.15) is 0 Å². The van der Waals surface area contributed by atoms with Crippen LogP contribution in [-0.2, 0) is 6.54 Å². The first-order valence-electron chi connectivity index (χ1n) is 7.01. The zero-order valence-electron chi connectivity index (χ0n) is 12.5. The second kappa shape index (κ2) is 5.58. The standard InChI is InChI=1S/C16H19N3OS/c1-11-6-8-21-15(11)14(18(2)3)10-19-9-13-12(16(19)20)5-4-7-17-13/h4-8,14H,9-10H2,1-3H3. The van der Waals surface area contributed by atoms with Crippen LogP contribution < -0.4 is 0 Å². The number of aryl methyl sites for hydroxylation is 1. The number of likely N-dealkylation sites (N-methyl/N-ethyl adjacent to an activating group) is 1. The Kier molecular flexibility index (Phi) is 3.78. The molecule has 21 heavy (non-hydrogen) atoms. The highest BCUT2D eigenvalue weighted by Gasteiger charge is 2.31. The van der Waals surface area contributed by atoms with E-state index in [2.05, 4.69) is 42.3 Å². The van der Waals surface area contributed by atoms with Gasteiger partial charge in [0, 0.05) is 17.6 Å². The second-order valence-electron chi connectivity index (χ2n) is 5.63. The van der Waals surface area contributed by atoms with Gasteiger partial charge >= 0.3 is 0 Å². The number of carbonyl (C=O) groups excluding carboxylic acids is 1. The van der Waals surface area contributed by atoms with Crippen LogP contribution in [0.3, 0.4) is 0 Å². The fraction of sp³-hybridized carbons (Fsp3) is 0.375. The molecule has 1 aliphatic rings. The Balaban J connectivity index is 1.83. The molecular weight excluding hydrogens is 282 g/mol. The van der Waals surface area contributed by atoms with Crippen molar-refractivity contribution in [3.05, 3.63) is 51.5 Å². The fourth-order valence-corrected chi connectivity index (χ4v) is 3.86. The van der Waals surface area contributed by atoms with Gasteiger partial charge in [-0.15, -0.1) is 11.3 Å². The summed E-state index contributed by atoms with van der Waals surface area (Å²) in [5.74, 6) is 0.0964. The van der Waals surface area contributed by atoms with E-state index < -0.39 is 0 Å². The average Bonchev–Trinajstić information content (AvgIpc) is 3.01. The van der Waals surface area contributed by atoms with Gasteiger partial charge in [-0.1, -0.05) is 0 Å². The lowest BCUT2D eigenvalue weighted by atomic mass is 10.1. The van der Waals surface area contributed by atoms with Crippen molar-refractivity contribution < 1.29 is 4.79 Å². The minimum Gasteiger partial charge on any atom is -0.331 e. The monoisotopic (exact) mass is 301 g/mol. The Labute approximate surface area is 129 Å². The van der Waals surface area contributed by atoms with Crippen molar-refractivity contribution in [2.75, 3.05) is 20.6 Å². The Hall–Kier alpha value is -1.72. The molecule has 0 N–H and O–H groups in total. The van der Waals surface area contributed by atoms with Gasteiger partial charge in [-0.3, -0.25) is 9.78 Å². The summed E-state index contributed by atoms with van der Waals surface area (Å²) in [6, 6.07) is 6.06. The van der Waals surface area contributed by atoms with Gasteiger partial charge in [0.15, 0.2) is 0 Å². The SMILES string of the molecule is Cc1ccsc1C(CN1Cc2ncccc2C1=O)N(C)C. The first-order valence-corrected chi connectivity index (χ1v) is 7.89. The fourth-order valence-electron chi connectivity index (χ4n) is 2.74. The summed E-state index contributed by atoms with van der Waals surface area (Å²) in [6.07, 6.45) is 1.75. The maximum absolute atomic E-state index is 12.5. The highest BCUT2D eigenvalue weighted by molar-refractivity contribution is 7.10. The number of pyridine rings is 1. The van der Waals surface area contributed by atoms with Crippen molar-refractivity contribution in [2.45, 2.75) is 19.5 Å². The van der Waals surface area contributed by atoms with E-state index in [1.807, 2.05) is 17.0 Å². The predicted octanol–water partition coefficient (Wildman–Crippen LogP) is 2.71. The van der Waals surface area contributed by atoms with Gasteiger partial charge in [0.25, 0.3) is 5.91 Å². The Bertz CT molecular complexity index is 665. The number of fused-ring (bicyclic) bond motifs is 1. The summed E-state index contributed by atoms with van der Waals surface area (Å²) in [4.78, 5) is 22.2. The van der Waals surface area contributed by atoms with Crippen LogP contribution in [0.15, 0.2) is 29.8 Å².